The standard InChI is InChI=1S/C52H56F6N8O6/c1-12-72-50(8)37-21-33-31(22-39(37)66(10)47(50)69)27(4)61-63-44(33)60-26(3)30-18-16-28(41(43(30)54)51(55,56)24-67)17-19-38-32-20-36-40(65(9)46(68)49(36,7)71-11)23-34(32)45(64-62-38)59-25(2)29-14-13-15-35(42(29)53)52(57,58)48(5,6)70/h13-16,18,20-23,25-26,67,70H,12,17,19,24H2,1-11H3,(H,59,64)(H,60,63)/t25-,26-,49?,50?/m1/s1. The molecule has 4 N–H and O–H groups in total. The molecule has 4 heterocycles. The van der Waals surface area contributed by atoms with Crippen molar-refractivity contribution in [3.8, 4) is 0 Å². The highest BCUT2D eigenvalue weighted by atomic mass is 19.3. The van der Waals surface area contributed by atoms with Gasteiger partial charge in [0.25, 0.3) is 17.7 Å². The summed E-state index contributed by atoms with van der Waals surface area (Å²) in [6.07, 6.45) is -0.365. The highest BCUT2D eigenvalue weighted by Gasteiger charge is 2.50. The number of nitrogens with one attached hydrogen (secondary N) is 2. The minimum Gasteiger partial charge on any atom is -0.390 e. The van der Waals surface area contributed by atoms with Crippen molar-refractivity contribution in [2.24, 2.45) is 0 Å². The van der Waals surface area contributed by atoms with E-state index in [0.29, 0.717) is 49.7 Å². The lowest BCUT2D eigenvalue weighted by Crippen LogP contribution is -2.41. The van der Waals surface area contributed by atoms with Crippen LogP contribution in [0.5, 0.6) is 0 Å². The van der Waals surface area contributed by atoms with E-state index < -0.39 is 76.0 Å². The number of likely N-dealkylation sites (N-methyl/N-ethyl adjacent to an activating group) is 2. The predicted octanol–water partition coefficient (Wildman–Crippen LogP) is 9.30. The first-order chi connectivity index (χ1) is 33.7. The van der Waals surface area contributed by atoms with Crippen molar-refractivity contribution < 1.29 is 55.6 Å². The fourth-order valence-electron chi connectivity index (χ4n) is 9.91. The maximum Gasteiger partial charge on any atom is 0.303 e. The summed E-state index contributed by atoms with van der Waals surface area (Å²) in [5.74, 6) is -11.0. The molecule has 0 fully saturated rings. The van der Waals surface area contributed by atoms with Crippen LogP contribution >= 0.6 is 0 Å². The summed E-state index contributed by atoms with van der Waals surface area (Å²) in [7, 11) is 4.56. The minimum atomic E-state index is -4.05. The van der Waals surface area contributed by atoms with Crippen LogP contribution < -0.4 is 20.4 Å². The number of rotatable bonds is 16. The summed E-state index contributed by atoms with van der Waals surface area (Å²) in [5.41, 5.74) is -5.05. The second kappa shape index (κ2) is 18.2. The lowest BCUT2D eigenvalue weighted by atomic mass is 9.90. The summed E-state index contributed by atoms with van der Waals surface area (Å²) >= 11 is 0. The number of anilines is 4. The molecule has 2 aromatic heterocycles. The molecule has 20 heteroatoms. The molecule has 2 amide bonds. The fraction of sp³-hybridized carbons (Fsp3) is 0.423. The first kappa shape index (κ1) is 51.9. The molecule has 2 aliphatic heterocycles. The van der Waals surface area contributed by atoms with Gasteiger partial charge in [0.2, 0.25) is 0 Å². The summed E-state index contributed by atoms with van der Waals surface area (Å²) in [5, 5.41) is 45.7. The second-order valence-electron chi connectivity index (χ2n) is 19.3. The number of halogens is 6. The summed E-state index contributed by atoms with van der Waals surface area (Å²) in [6, 6.07) is 11.0. The Morgan fingerprint density at radius 1 is 0.750 bits per heavy atom. The van der Waals surface area contributed by atoms with E-state index in [2.05, 4.69) is 31.0 Å². The summed E-state index contributed by atoms with van der Waals surface area (Å²) < 4.78 is 107. The zero-order valence-electron chi connectivity index (χ0n) is 41.7. The van der Waals surface area contributed by atoms with Crippen molar-refractivity contribution >= 4 is 56.4 Å². The smallest absolute Gasteiger partial charge is 0.303 e. The third-order valence-electron chi connectivity index (χ3n) is 14.3. The third-order valence-corrected chi connectivity index (χ3v) is 14.3. The average molecular weight is 1000 g/mol. The fourth-order valence-corrected chi connectivity index (χ4v) is 9.91. The van der Waals surface area contributed by atoms with Crippen LogP contribution in [0.3, 0.4) is 0 Å². The van der Waals surface area contributed by atoms with E-state index in [1.54, 1.807) is 73.0 Å². The van der Waals surface area contributed by atoms with Gasteiger partial charge in [0.1, 0.15) is 23.8 Å². The normalized spacial score (nSPS) is 19.1. The number of alkyl halides is 4. The van der Waals surface area contributed by atoms with Gasteiger partial charge in [-0.2, -0.15) is 27.8 Å². The van der Waals surface area contributed by atoms with Crippen molar-refractivity contribution in [3.05, 3.63) is 117 Å². The van der Waals surface area contributed by atoms with Gasteiger partial charge in [-0.3, -0.25) is 9.59 Å². The molecule has 0 saturated carbocycles. The number of carbonyl (C=O) groups excluding carboxylic acids is 2. The number of hydrogen-bond donors (Lipinski definition) is 4. The maximum atomic E-state index is 16.9. The molecular weight excluding hydrogens is 947 g/mol. The van der Waals surface area contributed by atoms with E-state index in [9.17, 15) is 19.8 Å². The SMILES string of the molecule is CCOC1(C)C(=O)N(C)c2cc3c(C)nnc(N[C@H](C)c4ccc(CCc5nnc(N[C@H](C)c6cccc(C(F)(F)C(C)(C)O)c6F)c6cc7c(cc56)C(C)(OC)C(=O)N7C)c(C(F)(F)CO)c4F)c3cc21. The van der Waals surface area contributed by atoms with Crippen LogP contribution in [-0.2, 0) is 55.0 Å². The Hall–Kier alpha value is -6.48. The lowest BCUT2D eigenvalue weighted by molar-refractivity contribution is -0.170. The van der Waals surface area contributed by atoms with Crippen LogP contribution in [0.1, 0.15) is 111 Å². The van der Waals surface area contributed by atoms with Crippen LogP contribution in [0, 0.1) is 18.6 Å². The molecule has 0 bridgehead atoms. The molecule has 0 radical (unpaired) electrons. The van der Waals surface area contributed by atoms with E-state index in [-0.39, 0.29) is 59.4 Å². The van der Waals surface area contributed by atoms with Gasteiger partial charge in [-0.25, -0.2) is 8.78 Å². The first-order valence-corrected chi connectivity index (χ1v) is 23.3. The van der Waals surface area contributed by atoms with Crippen LogP contribution in [-0.4, -0.2) is 82.4 Å². The van der Waals surface area contributed by atoms with Gasteiger partial charge in [0.15, 0.2) is 22.8 Å². The number of ether oxygens (including phenoxy) is 2. The number of benzene rings is 4. The molecule has 0 aliphatic carbocycles. The Labute approximate surface area is 411 Å². The van der Waals surface area contributed by atoms with Crippen molar-refractivity contribution in [1.82, 2.24) is 20.4 Å². The Bertz CT molecular complexity index is 3190. The van der Waals surface area contributed by atoms with Crippen molar-refractivity contribution in [2.75, 3.05) is 54.9 Å². The molecule has 2 aliphatic rings. The van der Waals surface area contributed by atoms with Crippen LogP contribution in [0.4, 0.5) is 49.4 Å². The van der Waals surface area contributed by atoms with Crippen LogP contribution in [0.2, 0.25) is 0 Å². The predicted molar refractivity (Wildman–Crippen MR) is 259 cm³/mol. The molecule has 8 rings (SSSR count). The summed E-state index contributed by atoms with van der Waals surface area (Å²) in [6.45, 7) is 10.1. The molecule has 4 aromatic carbocycles. The van der Waals surface area contributed by atoms with Crippen molar-refractivity contribution in [3.63, 3.8) is 0 Å². The highest BCUT2D eigenvalue weighted by Crippen LogP contribution is 2.48. The van der Waals surface area contributed by atoms with Gasteiger partial charge < -0.3 is 40.1 Å². The third kappa shape index (κ3) is 8.15. The maximum absolute atomic E-state index is 16.9. The number of aromatic nitrogens is 4. The van der Waals surface area contributed by atoms with Crippen molar-refractivity contribution in [1.29, 1.82) is 0 Å². The first-order valence-electron chi connectivity index (χ1n) is 23.3. The molecular formula is C52H56F6N8O6. The van der Waals surface area contributed by atoms with Gasteiger partial charge in [-0.05, 0) is 104 Å². The van der Waals surface area contributed by atoms with Crippen LogP contribution in [0.25, 0.3) is 21.5 Å². The Morgan fingerprint density at radius 2 is 1.29 bits per heavy atom. The number of carbonyl (C=O) groups is 2. The van der Waals surface area contributed by atoms with Crippen LogP contribution in [0.15, 0.2) is 54.6 Å². The number of hydrogen-bond acceptors (Lipinski definition) is 12. The van der Waals surface area contributed by atoms with E-state index in [1.807, 2.05) is 0 Å². The second-order valence-corrected chi connectivity index (χ2v) is 19.3. The monoisotopic (exact) mass is 1000 g/mol. The lowest BCUT2D eigenvalue weighted by Gasteiger charge is -2.30. The molecule has 2 unspecified atom stereocenters. The number of amides is 2. The van der Waals surface area contributed by atoms with Gasteiger partial charge in [0.05, 0.1) is 46.0 Å². The Kier molecular flexibility index (Phi) is 13.1. The molecule has 72 heavy (non-hydrogen) atoms. The molecule has 0 spiro atoms. The largest absolute Gasteiger partial charge is 0.390 e. The molecule has 0 saturated heterocycles. The van der Waals surface area contributed by atoms with Gasteiger partial charge in [-0.15, -0.1) is 10.2 Å². The van der Waals surface area contributed by atoms with Crippen molar-refractivity contribution in [2.45, 2.75) is 109 Å². The number of aliphatic hydroxyl groups is 2. The number of aliphatic hydroxyl groups excluding tert-OH is 1. The number of methoxy groups -OCH3 is 1. The Balaban J connectivity index is 1.16. The molecule has 382 valence electrons. The van der Waals surface area contributed by atoms with E-state index in [0.717, 1.165) is 19.9 Å². The topological polar surface area (TPSA) is 175 Å². The minimum absolute atomic E-state index is 0.0546. The Morgan fingerprint density at radius 3 is 1.88 bits per heavy atom. The molecule has 4 atom stereocenters. The summed E-state index contributed by atoms with van der Waals surface area (Å²) in [4.78, 5) is 29.9. The van der Waals surface area contributed by atoms with E-state index in [1.165, 1.54) is 48.1 Å². The zero-order valence-corrected chi connectivity index (χ0v) is 41.7. The molecule has 14 nitrogen and oxygen atoms in total. The number of nitrogens with zero attached hydrogens (tertiary/aromatic N) is 6. The van der Waals surface area contributed by atoms with Gasteiger partial charge in [-0.1, -0.05) is 24.3 Å². The zero-order chi connectivity index (χ0) is 52.8. The van der Waals surface area contributed by atoms with Gasteiger partial charge >= 0.3 is 5.92 Å². The quantitative estimate of drug-likeness (QED) is 0.0678. The molecule has 6 aromatic rings. The average Bonchev–Trinajstić information content (AvgIpc) is 3.63. The van der Waals surface area contributed by atoms with E-state index in [4.69, 9.17) is 9.47 Å². The number of aryl methyl sites for hydroxylation is 3. The highest BCUT2D eigenvalue weighted by molar-refractivity contribution is 6.11. The van der Waals surface area contributed by atoms with Gasteiger partial charge in [0, 0.05) is 71.6 Å². The number of fused-ring (bicyclic) bond motifs is 4. The van der Waals surface area contributed by atoms with E-state index >= 15 is 26.3 Å².